The maximum absolute atomic E-state index is 5.57. The molecule has 0 aliphatic rings. The van der Waals surface area contributed by atoms with E-state index in [9.17, 15) is 0 Å². The SMILES string of the molecule is CCOCC(NN)c1nc2ccccc2cc1Br. The van der Waals surface area contributed by atoms with Crippen molar-refractivity contribution in [1.29, 1.82) is 0 Å². The molecule has 96 valence electrons. The first-order chi connectivity index (χ1) is 8.76. The number of hydrogen-bond acceptors (Lipinski definition) is 4. The quantitative estimate of drug-likeness (QED) is 0.658. The Morgan fingerprint density at radius 1 is 1.44 bits per heavy atom. The molecule has 0 bridgehead atoms. The second-order valence-corrected chi connectivity index (χ2v) is 4.78. The van der Waals surface area contributed by atoms with Crippen LogP contribution in [0.5, 0.6) is 0 Å². The van der Waals surface area contributed by atoms with E-state index in [0.717, 1.165) is 21.1 Å². The summed E-state index contributed by atoms with van der Waals surface area (Å²) in [6.07, 6.45) is 0. The van der Waals surface area contributed by atoms with E-state index in [1.54, 1.807) is 0 Å². The number of nitrogens with one attached hydrogen (secondary N) is 1. The topological polar surface area (TPSA) is 60.2 Å². The third-order valence-electron chi connectivity index (χ3n) is 2.72. The van der Waals surface area contributed by atoms with Crippen LogP contribution in [0.4, 0.5) is 0 Å². The predicted molar refractivity (Wildman–Crippen MR) is 76.0 cm³/mol. The van der Waals surface area contributed by atoms with Gasteiger partial charge in [0.1, 0.15) is 0 Å². The molecule has 18 heavy (non-hydrogen) atoms. The largest absolute Gasteiger partial charge is 0.380 e. The Morgan fingerprint density at radius 2 is 2.22 bits per heavy atom. The summed E-state index contributed by atoms with van der Waals surface area (Å²) in [5, 5.41) is 1.10. The van der Waals surface area contributed by atoms with Gasteiger partial charge < -0.3 is 4.74 Å². The molecule has 1 heterocycles. The molecule has 0 aliphatic heterocycles. The molecular formula is C13H16BrN3O. The van der Waals surface area contributed by atoms with Gasteiger partial charge in [-0.15, -0.1) is 0 Å². The molecule has 0 radical (unpaired) electrons. The van der Waals surface area contributed by atoms with Crippen LogP contribution in [0, 0.1) is 0 Å². The van der Waals surface area contributed by atoms with Crippen LogP contribution < -0.4 is 11.3 Å². The van der Waals surface area contributed by atoms with E-state index in [2.05, 4.69) is 26.3 Å². The Balaban J connectivity index is 2.39. The fraction of sp³-hybridized carbons (Fsp3) is 0.308. The highest BCUT2D eigenvalue weighted by Crippen LogP contribution is 2.25. The standard InChI is InChI=1S/C13H16BrN3O/c1-2-18-8-12(17-15)13-10(14)7-9-5-3-4-6-11(9)16-13/h3-7,12,17H,2,8,15H2,1H3. The molecule has 0 aliphatic carbocycles. The van der Waals surface area contributed by atoms with E-state index in [-0.39, 0.29) is 6.04 Å². The summed E-state index contributed by atoms with van der Waals surface area (Å²) < 4.78 is 6.34. The highest BCUT2D eigenvalue weighted by molar-refractivity contribution is 9.10. The molecule has 0 saturated heterocycles. The lowest BCUT2D eigenvalue weighted by Gasteiger charge is -2.17. The average Bonchev–Trinajstić information content (AvgIpc) is 2.40. The van der Waals surface area contributed by atoms with E-state index in [0.29, 0.717) is 13.2 Å². The summed E-state index contributed by atoms with van der Waals surface area (Å²) in [5.74, 6) is 5.57. The Labute approximate surface area is 115 Å². The van der Waals surface area contributed by atoms with E-state index in [4.69, 9.17) is 10.6 Å². The van der Waals surface area contributed by atoms with Gasteiger partial charge in [-0.25, -0.2) is 10.4 Å². The number of hydrogen-bond donors (Lipinski definition) is 2. The number of halogens is 1. The van der Waals surface area contributed by atoms with Crippen molar-refractivity contribution < 1.29 is 4.74 Å². The predicted octanol–water partition coefficient (Wildman–Crippen LogP) is 2.54. The Morgan fingerprint density at radius 3 is 2.94 bits per heavy atom. The van der Waals surface area contributed by atoms with Crippen molar-refractivity contribution in [2.45, 2.75) is 13.0 Å². The number of aromatic nitrogens is 1. The zero-order chi connectivity index (χ0) is 13.0. The molecule has 1 unspecified atom stereocenters. The highest BCUT2D eigenvalue weighted by Gasteiger charge is 2.15. The zero-order valence-corrected chi connectivity index (χ0v) is 11.8. The fourth-order valence-electron chi connectivity index (χ4n) is 1.79. The number of rotatable bonds is 5. The molecule has 2 aromatic rings. The number of para-hydroxylation sites is 1. The molecule has 2 rings (SSSR count). The number of nitrogens with two attached hydrogens (primary N) is 1. The molecule has 1 atom stereocenters. The van der Waals surface area contributed by atoms with E-state index >= 15 is 0 Å². The van der Waals surface area contributed by atoms with Gasteiger partial charge >= 0.3 is 0 Å². The van der Waals surface area contributed by atoms with Crippen molar-refractivity contribution in [2.24, 2.45) is 5.84 Å². The molecule has 0 saturated carbocycles. The van der Waals surface area contributed by atoms with Crippen LogP contribution in [0.1, 0.15) is 18.7 Å². The second-order valence-electron chi connectivity index (χ2n) is 3.93. The van der Waals surface area contributed by atoms with Crippen LogP contribution in [0.3, 0.4) is 0 Å². The third-order valence-corrected chi connectivity index (χ3v) is 3.36. The minimum atomic E-state index is -0.121. The molecule has 5 heteroatoms. The van der Waals surface area contributed by atoms with E-state index in [1.807, 2.05) is 37.3 Å². The summed E-state index contributed by atoms with van der Waals surface area (Å²) in [4.78, 5) is 4.63. The second kappa shape index (κ2) is 6.24. The van der Waals surface area contributed by atoms with Crippen molar-refractivity contribution in [3.8, 4) is 0 Å². The van der Waals surface area contributed by atoms with Gasteiger partial charge in [-0.2, -0.15) is 0 Å². The molecule has 1 aromatic heterocycles. The van der Waals surface area contributed by atoms with Crippen LogP contribution in [-0.2, 0) is 4.74 Å². The summed E-state index contributed by atoms with van der Waals surface area (Å²) in [5.41, 5.74) is 4.56. The normalized spacial score (nSPS) is 12.8. The Bertz CT molecular complexity index is 533. The van der Waals surface area contributed by atoms with Crippen molar-refractivity contribution >= 4 is 26.8 Å². The number of pyridine rings is 1. The minimum absolute atomic E-state index is 0.121. The number of ether oxygens (including phenoxy) is 1. The Hall–Kier alpha value is -1.01. The summed E-state index contributed by atoms with van der Waals surface area (Å²) >= 11 is 3.54. The van der Waals surface area contributed by atoms with Gasteiger partial charge in [0.15, 0.2) is 0 Å². The summed E-state index contributed by atoms with van der Waals surface area (Å²) in [7, 11) is 0. The lowest BCUT2D eigenvalue weighted by molar-refractivity contribution is 0.122. The first-order valence-corrected chi connectivity index (χ1v) is 6.64. The highest BCUT2D eigenvalue weighted by atomic mass is 79.9. The number of hydrazine groups is 1. The maximum atomic E-state index is 5.57. The van der Waals surface area contributed by atoms with Crippen LogP contribution in [-0.4, -0.2) is 18.2 Å². The molecule has 3 N–H and O–H groups in total. The van der Waals surface area contributed by atoms with Gasteiger partial charge in [0.05, 0.1) is 23.9 Å². The van der Waals surface area contributed by atoms with E-state index < -0.39 is 0 Å². The Kier molecular flexibility index (Phi) is 4.66. The fourth-order valence-corrected chi connectivity index (χ4v) is 2.40. The van der Waals surface area contributed by atoms with Gasteiger partial charge in [-0.05, 0) is 35.0 Å². The van der Waals surface area contributed by atoms with Crippen LogP contribution in [0.25, 0.3) is 10.9 Å². The monoisotopic (exact) mass is 309 g/mol. The zero-order valence-electron chi connectivity index (χ0n) is 10.2. The third kappa shape index (κ3) is 2.87. The molecule has 0 amide bonds. The van der Waals surface area contributed by atoms with Crippen LogP contribution in [0.15, 0.2) is 34.8 Å². The summed E-state index contributed by atoms with van der Waals surface area (Å²) in [6.45, 7) is 3.11. The van der Waals surface area contributed by atoms with Crippen LogP contribution >= 0.6 is 15.9 Å². The lowest BCUT2D eigenvalue weighted by Crippen LogP contribution is -2.32. The molecule has 0 spiro atoms. The molecular weight excluding hydrogens is 294 g/mol. The maximum Gasteiger partial charge on any atom is 0.0876 e. The van der Waals surface area contributed by atoms with Gasteiger partial charge in [-0.3, -0.25) is 5.84 Å². The van der Waals surface area contributed by atoms with Crippen molar-refractivity contribution in [3.63, 3.8) is 0 Å². The first kappa shape index (κ1) is 13.4. The van der Waals surface area contributed by atoms with Crippen molar-refractivity contribution in [2.75, 3.05) is 13.2 Å². The van der Waals surface area contributed by atoms with Gasteiger partial charge in [0, 0.05) is 16.5 Å². The number of fused-ring (bicyclic) bond motifs is 1. The molecule has 4 nitrogen and oxygen atoms in total. The van der Waals surface area contributed by atoms with Gasteiger partial charge in [0.2, 0.25) is 0 Å². The first-order valence-electron chi connectivity index (χ1n) is 5.85. The van der Waals surface area contributed by atoms with Crippen molar-refractivity contribution in [3.05, 3.63) is 40.5 Å². The van der Waals surface area contributed by atoms with Gasteiger partial charge in [-0.1, -0.05) is 18.2 Å². The molecule has 0 fully saturated rings. The van der Waals surface area contributed by atoms with Crippen molar-refractivity contribution in [1.82, 2.24) is 10.4 Å². The smallest absolute Gasteiger partial charge is 0.0876 e. The minimum Gasteiger partial charge on any atom is -0.380 e. The van der Waals surface area contributed by atoms with Gasteiger partial charge in [0.25, 0.3) is 0 Å². The van der Waals surface area contributed by atoms with E-state index in [1.165, 1.54) is 0 Å². The average molecular weight is 310 g/mol. The number of nitrogens with zero attached hydrogens (tertiary/aromatic N) is 1. The van der Waals surface area contributed by atoms with Crippen LogP contribution in [0.2, 0.25) is 0 Å². The molecule has 1 aromatic carbocycles. The number of benzene rings is 1. The summed E-state index contributed by atoms with van der Waals surface area (Å²) in [6, 6.07) is 9.91. The lowest BCUT2D eigenvalue weighted by atomic mass is 10.1.